The fourth-order valence-electron chi connectivity index (χ4n) is 6.58. The van der Waals surface area contributed by atoms with Gasteiger partial charge in [-0.15, -0.1) is 0 Å². The van der Waals surface area contributed by atoms with E-state index in [-0.39, 0.29) is 12.5 Å². The Bertz CT molecular complexity index is 1890. The van der Waals surface area contributed by atoms with Gasteiger partial charge in [0.15, 0.2) is 0 Å². The van der Waals surface area contributed by atoms with Crippen molar-refractivity contribution >= 4 is 17.9 Å². The molecule has 2 amide bonds. The molecule has 0 bridgehead atoms. The second kappa shape index (κ2) is 16.5. The second-order valence-corrected chi connectivity index (χ2v) is 13.0. The normalized spacial score (nSPS) is 14.4. The van der Waals surface area contributed by atoms with Crippen molar-refractivity contribution in [1.29, 1.82) is 0 Å². The number of piperidine rings is 1. The molecule has 5 nitrogen and oxygen atoms in total. The first-order valence-electron chi connectivity index (χ1n) is 17.3. The highest BCUT2D eigenvalue weighted by molar-refractivity contribution is 5.95. The van der Waals surface area contributed by atoms with Gasteiger partial charge in [0.2, 0.25) is 11.8 Å². The standard InChI is InChI=1S/C43H40F3N3O2/c44-43(45,46)38-21-16-32(17-22-38)18-23-41(50)49(31-36-14-19-37(20-15-36)39-13-7-8-26-47-39)40(30-34-11-5-2-6-12-34)42(51)48-27-24-35(25-28-48)29-33-9-3-1-4-10-33/h1-23,26,35,40H,24-25,27-31H2/t40-/m0/s1. The summed E-state index contributed by atoms with van der Waals surface area (Å²) in [4.78, 5) is 36.6. The smallest absolute Gasteiger partial charge is 0.341 e. The molecule has 51 heavy (non-hydrogen) atoms. The van der Waals surface area contributed by atoms with Gasteiger partial charge in [0.25, 0.3) is 0 Å². The molecule has 2 heterocycles. The molecule has 1 aliphatic heterocycles. The first-order valence-corrected chi connectivity index (χ1v) is 17.3. The Balaban J connectivity index is 1.28. The minimum atomic E-state index is -4.46. The van der Waals surface area contributed by atoms with E-state index in [0.29, 0.717) is 31.0 Å². The molecule has 0 N–H and O–H groups in total. The first kappa shape index (κ1) is 35.3. The number of benzene rings is 4. The number of pyridine rings is 1. The molecule has 4 aromatic carbocycles. The molecular formula is C43H40F3N3O2. The van der Waals surface area contributed by atoms with Crippen LogP contribution in [0.4, 0.5) is 13.2 Å². The van der Waals surface area contributed by atoms with Crippen molar-refractivity contribution in [3.63, 3.8) is 0 Å². The summed E-state index contributed by atoms with van der Waals surface area (Å²) in [6.07, 6.45) is 3.14. The van der Waals surface area contributed by atoms with Crippen molar-refractivity contribution in [2.45, 2.75) is 44.4 Å². The molecular weight excluding hydrogens is 647 g/mol. The van der Waals surface area contributed by atoms with Gasteiger partial charge in [-0.25, -0.2) is 0 Å². The van der Waals surface area contributed by atoms with Crippen LogP contribution in [-0.2, 0) is 35.2 Å². The van der Waals surface area contributed by atoms with Crippen molar-refractivity contribution in [3.05, 3.63) is 167 Å². The molecule has 8 heteroatoms. The third kappa shape index (κ3) is 9.60. The topological polar surface area (TPSA) is 53.5 Å². The van der Waals surface area contributed by atoms with Crippen LogP contribution in [0.15, 0.2) is 140 Å². The van der Waals surface area contributed by atoms with Gasteiger partial charge in [-0.2, -0.15) is 13.2 Å². The SMILES string of the molecule is O=C([C@H](Cc1ccccc1)N(Cc1ccc(-c2ccccn2)cc1)C(=O)C=Cc1ccc(C(F)(F)F)cc1)N1CCC(Cc2ccccc2)CC1. The summed E-state index contributed by atoms with van der Waals surface area (Å²) >= 11 is 0. The molecule has 1 aromatic heterocycles. The number of aromatic nitrogens is 1. The fraction of sp³-hybridized carbons (Fsp3) is 0.233. The van der Waals surface area contributed by atoms with E-state index in [2.05, 4.69) is 17.1 Å². The molecule has 260 valence electrons. The summed E-state index contributed by atoms with van der Waals surface area (Å²) in [6.45, 7) is 1.36. The van der Waals surface area contributed by atoms with Crippen molar-refractivity contribution in [3.8, 4) is 11.3 Å². The Morgan fingerprint density at radius 1 is 0.765 bits per heavy atom. The van der Waals surface area contributed by atoms with Crippen molar-refractivity contribution in [2.75, 3.05) is 13.1 Å². The number of rotatable bonds is 11. The minimum Gasteiger partial charge on any atom is -0.341 e. The van der Waals surface area contributed by atoms with E-state index < -0.39 is 23.7 Å². The van der Waals surface area contributed by atoms with Crippen LogP contribution < -0.4 is 0 Å². The lowest BCUT2D eigenvalue weighted by Gasteiger charge is -2.38. The number of hydrogen-bond acceptors (Lipinski definition) is 3. The summed E-state index contributed by atoms with van der Waals surface area (Å²) in [5.74, 6) is -0.0543. The summed E-state index contributed by atoms with van der Waals surface area (Å²) in [5.41, 5.74) is 4.47. The van der Waals surface area contributed by atoms with E-state index in [4.69, 9.17) is 0 Å². The molecule has 1 aliphatic rings. The number of halogens is 3. The van der Waals surface area contributed by atoms with Crippen LogP contribution in [0.1, 0.15) is 40.7 Å². The summed E-state index contributed by atoms with van der Waals surface area (Å²) < 4.78 is 39.5. The monoisotopic (exact) mass is 687 g/mol. The van der Waals surface area contributed by atoms with Gasteiger partial charge in [0.05, 0.1) is 11.3 Å². The average molecular weight is 688 g/mol. The third-order valence-corrected chi connectivity index (χ3v) is 9.43. The Hall–Kier alpha value is -5.50. The first-order chi connectivity index (χ1) is 24.7. The van der Waals surface area contributed by atoms with Crippen molar-refractivity contribution in [2.24, 2.45) is 5.92 Å². The minimum absolute atomic E-state index is 0.113. The quantitative estimate of drug-likeness (QED) is 0.130. The van der Waals surface area contributed by atoms with E-state index in [9.17, 15) is 22.8 Å². The van der Waals surface area contributed by atoms with Gasteiger partial charge < -0.3 is 9.80 Å². The molecule has 6 rings (SSSR count). The zero-order valence-corrected chi connectivity index (χ0v) is 28.3. The van der Waals surface area contributed by atoms with Crippen LogP contribution >= 0.6 is 0 Å². The zero-order chi connectivity index (χ0) is 35.6. The molecule has 0 saturated carbocycles. The van der Waals surface area contributed by atoms with E-state index in [1.54, 1.807) is 11.1 Å². The zero-order valence-electron chi connectivity index (χ0n) is 28.3. The van der Waals surface area contributed by atoms with Gasteiger partial charge in [-0.1, -0.05) is 103 Å². The number of carbonyl (C=O) groups excluding carboxylic acids is 2. The maximum atomic E-state index is 14.5. The molecule has 0 aliphatic carbocycles. The lowest BCUT2D eigenvalue weighted by molar-refractivity contribution is -0.145. The van der Waals surface area contributed by atoms with Crippen LogP contribution in [0.5, 0.6) is 0 Å². The second-order valence-electron chi connectivity index (χ2n) is 13.0. The van der Waals surface area contributed by atoms with Gasteiger partial charge in [-0.3, -0.25) is 14.6 Å². The van der Waals surface area contributed by atoms with Crippen molar-refractivity contribution in [1.82, 2.24) is 14.8 Å². The van der Waals surface area contributed by atoms with Crippen LogP contribution in [0, 0.1) is 5.92 Å². The highest BCUT2D eigenvalue weighted by Gasteiger charge is 2.34. The van der Waals surface area contributed by atoms with Crippen molar-refractivity contribution < 1.29 is 22.8 Å². The number of alkyl halides is 3. The van der Waals surface area contributed by atoms with Crippen LogP contribution in [0.2, 0.25) is 0 Å². The summed E-state index contributed by atoms with van der Waals surface area (Å²) in [7, 11) is 0. The number of likely N-dealkylation sites (tertiary alicyclic amines) is 1. The average Bonchev–Trinajstić information content (AvgIpc) is 3.16. The predicted molar refractivity (Wildman–Crippen MR) is 194 cm³/mol. The Labute approximate surface area is 297 Å². The van der Waals surface area contributed by atoms with Gasteiger partial charge in [-0.05, 0) is 77.8 Å². The molecule has 0 radical (unpaired) electrons. The number of carbonyl (C=O) groups is 2. The van der Waals surface area contributed by atoms with E-state index in [1.165, 1.54) is 29.8 Å². The maximum absolute atomic E-state index is 14.5. The van der Waals surface area contributed by atoms with Crippen LogP contribution in [0.25, 0.3) is 17.3 Å². The van der Waals surface area contributed by atoms with Gasteiger partial charge in [0.1, 0.15) is 6.04 Å². The Morgan fingerprint density at radius 2 is 1.39 bits per heavy atom. The molecule has 1 saturated heterocycles. The van der Waals surface area contributed by atoms with Crippen LogP contribution in [0.3, 0.4) is 0 Å². The molecule has 0 unspecified atom stereocenters. The highest BCUT2D eigenvalue weighted by Crippen LogP contribution is 2.30. The Morgan fingerprint density at radius 3 is 2.00 bits per heavy atom. The van der Waals surface area contributed by atoms with E-state index >= 15 is 0 Å². The lowest BCUT2D eigenvalue weighted by Crippen LogP contribution is -2.53. The molecule has 1 atom stereocenters. The maximum Gasteiger partial charge on any atom is 0.416 e. The highest BCUT2D eigenvalue weighted by atomic mass is 19.4. The van der Waals surface area contributed by atoms with Gasteiger partial charge in [0, 0.05) is 43.9 Å². The molecule has 5 aromatic rings. The third-order valence-electron chi connectivity index (χ3n) is 9.43. The van der Waals surface area contributed by atoms with E-state index in [0.717, 1.165) is 53.8 Å². The molecule has 0 spiro atoms. The summed E-state index contributed by atoms with van der Waals surface area (Å²) in [5, 5.41) is 0. The van der Waals surface area contributed by atoms with Gasteiger partial charge >= 0.3 is 6.18 Å². The lowest BCUT2D eigenvalue weighted by atomic mass is 9.89. The number of nitrogens with zero attached hydrogens (tertiary/aromatic N) is 3. The number of amides is 2. The predicted octanol–water partition coefficient (Wildman–Crippen LogP) is 8.90. The molecule has 1 fully saturated rings. The Kier molecular flexibility index (Phi) is 11.4. The van der Waals surface area contributed by atoms with E-state index in [1.807, 2.05) is 95.9 Å². The largest absolute Gasteiger partial charge is 0.416 e. The van der Waals surface area contributed by atoms with Crippen LogP contribution in [-0.4, -0.2) is 45.7 Å². The number of hydrogen-bond donors (Lipinski definition) is 0. The fourth-order valence-corrected chi connectivity index (χ4v) is 6.58. The summed E-state index contributed by atoms with van der Waals surface area (Å²) in [6, 6.07) is 37.3.